The normalized spacial score (nSPS) is 18.2. The first kappa shape index (κ1) is 70.6. The van der Waals surface area contributed by atoms with Gasteiger partial charge in [-0.1, -0.05) is 159 Å². The summed E-state index contributed by atoms with van der Waals surface area (Å²) in [7, 11) is 1.62. The number of piperazine rings is 1. The van der Waals surface area contributed by atoms with Crippen molar-refractivity contribution >= 4 is 45.5 Å². The number of anilines is 1. The number of aliphatic hydroxyl groups is 2. The molecule has 544 valence electrons. The summed E-state index contributed by atoms with van der Waals surface area (Å²) in [6, 6.07) is 48.2. The largest absolute Gasteiger partial charge is 0.486 e. The highest BCUT2D eigenvalue weighted by molar-refractivity contribution is 6.06. The van der Waals surface area contributed by atoms with Crippen molar-refractivity contribution in [1.82, 2.24) is 59.8 Å². The second kappa shape index (κ2) is 29.1. The van der Waals surface area contributed by atoms with Gasteiger partial charge in [0.05, 0.1) is 48.7 Å². The van der Waals surface area contributed by atoms with Crippen LogP contribution in [0.15, 0.2) is 183 Å². The topological polar surface area (TPSA) is 250 Å². The summed E-state index contributed by atoms with van der Waals surface area (Å²) < 4.78 is 46.7. The number of nitrogens with zero attached hydrogens (tertiary/aromatic N) is 12. The van der Waals surface area contributed by atoms with E-state index in [-0.39, 0.29) is 68.3 Å². The van der Waals surface area contributed by atoms with Crippen molar-refractivity contribution in [2.75, 3.05) is 44.9 Å². The molecule has 0 unspecified atom stereocenters. The third-order valence-corrected chi connectivity index (χ3v) is 20.9. The highest BCUT2D eigenvalue weighted by Crippen LogP contribution is 2.55. The molecule has 3 amide bonds. The first-order valence-corrected chi connectivity index (χ1v) is 36.3. The molecule has 0 spiro atoms. The summed E-state index contributed by atoms with van der Waals surface area (Å²) in [6.45, 7) is 13.7. The Kier molecular flexibility index (Phi) is 19.4. The van der Waals surface area contributed by atoms with Crippen LogP contribution in [0.3, 0.4) is 0 Å². The van der Waals surface area contributed by atoms with E-state index in [2.05, 4.69) is 79.2 Å². The summed E-state index contributed by atoms with van der Waals surface area (Å²) in [5, 5.41) is 40.5. The van der Waals surface area contributed by atoms with Gasteiger partial charge in [0.1, 0.15) is 59.3 Å². The molecule has 106 heavy (non-hydrogen) atoms. The van der Waals surface area contributed by atoms with Gasteiger partial charge in [0.2, 0.25) is 11.8 Å². The van der Waals surface area contributed by atoms with Crippen molar-refractivity contribution < 1.29 is 47.9 Å². The molecular weight excluding hydrogens is 1340 g/mol. The predicted molar refractivity (Wildman–Crippen MR) is 399 cm³/mol. The predicted octanol–water partition coefficient (Wildman–Crippen LogP) is 12.7. The van der Waals surface area contributed by atoms with Gasteiger partial charge in [-0.3, -0.25) is 14.3 Å². The van der Waals surface area contributed by atoms with Gasteiger partial charge in [-0.2, -0.15) is 15.1 Å². The monoisotopic (exact) mass is 1430 g/mol. The van der Waals surface area contributed by atoms with Crippen molar-refractivity contribution in [1.29, 1.82) is 0 Å². The minimum atomic E-state index is -1.04. The second-order valence-corrected chi connectivity index (χ2v) is 29.6. The number of methoxy groups -OCH3 is 1. The zero-order valence-corrected chi connectivity index (χ0v) is 60.6. The van der Waals surface area contributed by atoms with Crippen LogP contribution in [0.1, 0.15) is 124 Å². The molecule has 1 saturated carbocycles. The standard InChI is InChI=1S/C83H86FN13O9/c1-49(2)74(79(101)95-43-62(99)38-70(95)78(100)87-69(46-98)55-31-33-56(34-32-55)76-85-35-18-36-86-76)96-45-68(90-92-96)54-27-25-52(26-28-54)48-104-75-72(71-51(4)66(84)40-67-65(71)44-97(91-67)83(57-19-12-9-13-20-57,58-21-14-10-15-22-58)59-23-16-11-17-24-59)63(53-29-30-53)39-64-73(75)88-80(105-47-50(3)103-8)89-77(64)93-41-61-37-60(93)42-94(61)81(102)106-82(5,6)7/h9-28,31-36,39-40,44-45,49-50,53,60-62,69-70,74,98-99H,29-30,37-38,41-43,46-48H2,1-8H3,(H,87,100)/t50-,60-,61-,62+,69-,70-,74-/m0/s1. The Morgan fingerprint density at radius 2 is 1.39 bits per heavy atom. The molecule has 4 aliphatic rings. The van der Waals surface area contributed by atoms with E-state index in [0.717, 1.165) is 46.2 Å². The quantitative estimate of drug-likeness (QED) is 0.0503. The zero-order chi connectivity index (χ0) is 73.7. The van der Waals surface area contributed by atoms with Gasteiger partial charge < -0.3 is 49.2 Å². The Hall–Kier alpha value is -11.0. The van der Waals surface area contributed by atoms with Crippen LogP contribution in [0.2, 0.25) is 0 Å². The number of benzene rings is 7. The van der Waals surface area contributed by atoms with E-state index in [0.29, 0.717) is 92.2 Å². The lowest BCUT2D eigenvalue weighted by Gasteiger charge is -2.36. The third kappa shape index (κ3) is 13.7. The lowest BCUT2D eigenvalue weighted by molar-refractivity contribution is -0.142. The first-order valence-electron chi connectivity index (χ1n) is 36.3. The number of amides is 3. The molecule has 1 aliphatic carbocycles. The van der Waals surface area contributed by atoms with Crippen molar-refractivity contribution in [3.8, 4) is 45.5 Å². The molecule has 2 bridgehead atoms. The van der Waals surface area contributed by atoms with Gasteiger partial charge in [0.25, 0.3) is 0 Å². The highest BCUT2D eigenvalue weighted by atomic mass is 19.1. The number of rotatable bonds is 23. The van der Waals surface area contributed by atoms with Gasteiger partial charge >= 0.3 is 12.1 Å². The third-order valence-electron chi connectivity index (χ3n) is 20.9. The number of carbonyl (C=O) groups excluding carboxylic acids is 3. The van der Waals surface area contributed by atoms with Gasteiger partial charge in [-0.25, -0.2) is 23.8 Å². The zero-order valence-electron chi connectivity index (χ0n) is 60.6. The first-order chi connectivity index (χ1) is 51.3. The van der Waals surface area contributed by atoms with Crippen LogP contribution in [0.4, 0.5) is 15.0 Å². The highest BCUT2D eigenvalue weighted by Gasteiger charge is 2.49. The van der Waals surface area contributed by atoms with E-state index < -0.39 is 59.6 Å². The molecule has 15 rings (SSSR count). The van der Waals surface area contributed by atoms with Crippen molar-refractivity contribution in [2.24, 2.45) is 5.92 Å². The van der Waals surface area contributed by atoms with Crippen molar-refractivity contribution in [2.45, 2.75) is 140 Å². The van der Waals surface area contributed by atoms with Crippen LogP contribution < -0.4 is 19.7 Å². The molecule has 7 heterocycles. The fourth-order valence-corrected chi connectivity index (χ4v) is 15.5. The lowest BCUT2D eigenvalue weighted by atomic mass is 9.77. The van der Waals surface area contributed by atoms with E-state index in [4.69, 9.17) is 34.0 Å². The Bertz CT molecular complexity index is 4920. The van der Waals surface area contributed by atoms with Crippen LogP contribution in [-0.2, 0) is 31.2 Å². The maximum absolute atomic E-state index is 17.6. The summed E-state index contributed by atoms with van der Waals surface area (Å²) in [4.78, 5) is 67.5. The Morgan fingerprint density at radius 3 is 1.99 bits per heavy atom. The summed E-state index contributed by atoms with van der Waals surface area (Å²) in [5.74, 6) is -0.0951. The molecule has 11 aromatic rings. The Balaban J connectivity index is 0.799. The van der Waals surface area contributed by atoms with E-state index in [1.54, 1.807) is 43.9 Å². The summed E-state index contributed by atoms with van der Waals surface area (Å²) >= 11 is 0. The number of nitrogens with one attached hydrogen (secondary N) is 1. The van der Waals surface area contributed by atoms with Gasteiger partial charge in [-0.15, -0.1) is 5.10 Å². The molecule has 4 fully saturated rings. The van der Waals surface area contributed by atoms with Crippen LogP contribution in [-0.4, -0.2) is 159 Å². The number of ether oxygens (including phenoxy) is 4. The second-order valence-electron chi connectivity index (χ2n) is 29.6. The number of hydrogen-bond acceptors (Lipinski definition) is 17. The Morgan fingerprint density at radius 1 is 0.726 bits per heavy atom. The number of carbonyl (C=O) groups is 3. The van der Waals surface area contributed by atoms with Crippen LogP contribution in [0.25, 0.3) is 55.6 Å². The molecule has 7 atom stereocenters. The summed E-state index contributed by atoms with van der Waals surface area (Å²) in [6.07, 6.45) is 7.86. The van der Waals surface area contributed by atoms with Crippen LogP contribution in [0, 0.1) is 18.7 Å². The van der Waals surface area contributed by atoms with E-state index in [1.165, 1.54) is 15.6 Å². The van der Waals surface area contributed by atoms with E-state index in [9.17, 15) is 24.6 Å². The minimum Gasteiger partial charge on any atom is -0.486 e. The van der Waals surface area contributed by atoms with Crippen LogP contribution in [0.5, 0.6) is 11.8 Å². The molecule has 4 aromatic heterocycles. The molecule has 22 nitrogen and oxygen atoms in total. The molecule has 0 radical (unpaired) electrons. The number of likely N-dealkylation sites (tertiary alicyclic amines) is 2. The van der Waals surface area contributed by atoms with Gasteiger partial charge in [0.15, 0.2) is 11.6 Å². The SMILES string of the molecule is CO[C@@H](C)COc1nc(N2C[C@@H]3C[C@H]2CN3C(=O)OC(C)(C)C)c2cc(C3CC3)c(-c3c(C)c(F)cc4nn(C(c5ccccc5)(c5ccccc5)c5ccccc5)cc34)c(OCc3ccc(-c4cn([C@H](C(=O)N5C[C@H](O)C[C@H]5C(=O)N[C@@H](CO)c5ccc(-c6ncccn6)cc5)C(C)C)nn4)cc3)c2n1. The minimum absolute atomic E-state index is 0.00260. The number of aromatic nitrogens is 9. The van der Waals surface area contributed by atoms with Crippen LogP contribution >= 0.6 is 0 Å². The molecule has 3 aliphatic heterocycles. The number of β-amino-alcohol motifs (C(OH)–C–C–N with tert-alkyl or cyclic N) is 1. The lowest BCUT2D eigenvalue weighted by Crippen LogP contribution is -2.50. The molecule has 3 N–H and O–H groups in total. The maximum Gasteiger partial charge on any atom is 0.410 e. The fourth-order valence-electron chi connectivity index (χ4n) is 15.5. The Labute approximate surface area is 614 Å². The molecule has 23 heteroatoms. The number of hydrogen-bond donors (Lipinski definition) is 3. The van der Waals surface area contributed by atoms with Crippen molar-refractivity contribution in [3.05, 3.63) is 227 Å². The number of fused-ring (bicyclic) bond motifs is 4. The van der Waals surface area contributed by atoms with E-state index >= 15 is 4.39 Å². The average Bonchev–Trinajstić information content (AvgIpc) is 1.46. The van der Waals surface area contributed by atoms with Gasteiger partial charge in [0, 0.05) is 90.8 Å². The van der Waals surface area contributed by atoms with Gasteiger partial charge in [-0.05, 0) is 117 Å². The smallest absolute Gasteiger partial charge is 0.410 e. The maximum atomic E-state index is 17.6. The number of halogens is 1. The fraction of sp³-hybridized carbons (Fsp3) is 0.349. The summed E-state index contributed by atoms with van der Waals surface area (Å²) in [5.41, 5.74) is 8.00. The van der Waals surface area contributed by atoms with E-state index in [1.807, 2.05) is 149 Å². The number of aliphatic hydroxyl groups excluding tert-OH is 2. The molecular formula is C83H86FN13O9. The average molecular weight is 1430 g/mol. The molecule has 7 aromatic carbocycles. The van der Waals surface area contributed by atoms with Crippen molar-refractivity contribution in [3.63, 3.8) is 0 Å². The molecule has 3 saturated heterocycles.